The van der Waals surface area contributed by atoms with Crippen molar-refractivity contribution in [2.24, 2.45) is 5.10 Å². The lowest BCUT2D eigenvalue weighted by molar-refractivity contribution is -0.0214. The van der Waals surface area contributed by atoms with E-state index in [1.807, 2.05) is 55.6 Å². The van der Waals surface area contributed by atoms with Gasteiger partial charge in [0.05, 0.1) is 18.4 Å². The number of ether oxygens (including phenoxy) is 2. The van der Waals surface area contributed by atoms with Crippen molar-refractivity contribution in [3.8, 4) is 11.5 Å². The van der Waals surface area contributed by atoms with E-state index in [1.165, 1.54) is 0 Å². The zero-order valence-corrected chi connectivity index (χ0v) is 15.7. The van der Waals surface area contributed by atoms with Crippen molar-refractivity contribution in [3.05, 3.63) is 89.7 Å². The van der Waals surface area contributed by atoms with Crippen molar-refractivity contribution in [1.82, 2.24) is 9.99 Å². The molecule has 0 N–H and O–H groups in total. The fraction of sp³-hybridized carbons (Fsp3) is 0.217. The third kappa shape index (κ3) is 2.80. The Bertz CT molecular complexity index is 1000. The van der Waals surface area contributed by atoms with E-state index in [9.17, 15) is 0 Å². The van der Waals surface area contributed by atoms with Gasteiger partial charge in [0.25, 0.3) is 0 Å². The zero-order chi connectivity index (χ0) is 18.9. The first-order valence-electron chi connectivity index (χ1n) is 9.58. The summed E-state index contributed by atoms with van der Waals surface area (Å²) in [5, 5.41) is 7.04. The number of benzene rings is 2. The summed E-state index contributed by atoms with van der Waals surface area (Å²) in [6, 6.07) is 20.5. The molecule has 2 atom stereocenters. The number of hydrogen-bond acceptors (Lipinski definition) is 5. The maximum absolute atomic E-state index is 6.45. The first-order chi connectivity index (χ1) is 13.8. The van der Waals surface area contributed by atoms with Gasteiger partial charge in [0, 0.05) is 29.9 Å². The molecule has 5 nitrogen and oxygen atoms in total. The van der Waals surface area contributed by atoms with Gasteiger partial charge in [-0.2, -0.15) is 5.10 Å². The highest BCUT2D eigenvalue weighted by Crippen LogP contribution is 2.50. The van der Waals surface area contributed by atoms with Crippen LogP contribution in [0.3, 0.4) is 0 Å². The summed E-state index contributed by atoms with van der Waals surface area (Å²) in [5.41, 5.74) is 4.30. The van der Waals surface area contributed by atoms with E-state index >= 15 is 0 Å². The predicted octanol–water partition coefficient (Wildman–Crippen LogP) is 4.72. The molecular weight excluding hydrogens is 350 g/mol. The number of para-hydroxylation sites is 1. The molecule has 5 heteroatoms. The van der Waals surface area contributed by atoms with Gasteiger partial charge in [-0.05, 0) is 24.6 Å². The van der Waals surface area contributed by atoms with Crippen LogP contribution in [0.25, 0.3) is 0 Å². The Labute approximate surface area is 164 Å². The van der Waals surface area contributed by atoms with E-state index in [-0.39, 0.29) is 12.3 Å². The SMILES string of the molecule is CCOc1cccc2c1O[C@@H](c1cccnc1)N1N=C(c3ccccc3)C[C@H]21. The summed E-state index contributed by atoms with van der Waals surface area (Å²) in [6.45, 7) is 2.58. The quantitative estimate of drug-likeness (QED) is 0.666. The number of fused-ring (bicyclic) bond motifs is 3. The lowest BCUT2D eigenvalue weighted by Gasteiger charge is -2.38. The van der Waals surface area contributed by atoms with Crippen LogP contribution in [0.5, 0.6) is 11.5 Å². The van der Waals surface area contributed by atoms with Crippen LogP contribution in [-0.4, -0.2) is 22.3 Å². The standard InChI is InChI=1S/C23H21N3O2/c1-2-27-21-12-6-11-18-20-14-19(16-8-4-3-5-9-16)25-26(20)23(28-22(18)21)17-10-7-13-24-15-17/h3-13,15,20,23H,2,14H2,1H3/t20-,23+/m1/s1. The van der Waals surface area contributed by atoms with Gasteiger partial charge in [0.15, 0.2) is 11.5 Å². The van der Waals surface area contributed by atoms with Crippen LogP contribution in [0.2, 0.25) is 0 Å². The second kappa shape index (κ2) is 7.00. The Balaban J connectivity index is 1.62. The monoisotopic (exact) mass is 371 g/mol. The Morgan fingerprint density at radius 1 is 1.07 bits per heavy atom. The molecule has 0 amide bonds. The summed E-state index contributed by atoms with van der Waals surface area (Å²) < 4.78 is 12.3. The number of aromatic nitrogens is 1. The molecule has 2 aromatic carbocycles. The maximum atomic E-state index is 6.45. The van der Waals surface area contributed by atoms with Gasteiger partial charge < -0.3 is 9.47 Å². The molecule has 140 valence electrons. The normalized spacial score (nSPS) is 20.0. The summed E-state index contributed by atoms with van der Waals surface area (Å²) in [7, 11) is 0. The number of nitrogens with zero attached hydrogens (tertiary/aromatic N) is 3. The topological polar surface area (TPSA) is 47.0 Å². The van der Waals surface area contributed by atoms with Crippen LogP contribution in [0.4, 0.5) is 0 Å². The van der Waals surface area contributed by atoms with Gasteiger partial charge in [-0.1, -0.05) is 48.5 Å². The fourth-order valence-corrected chi connectivity index (χ4v) is 3.90. The molecule has 5 rings (SSSR count). The highest BCUT2D eigenvalue weighted by atomic mass is 16.5. The lowest BCUT2D eigenvalue weighted by atomic mass is 9.95. The van der Waals surface area contributed by atoms with E-state index < -0.39 is 0 Å². The minimum absolute atomic E-state index is 0.101. The van der Waals surface area contributed by atoms with Crippen LogP contribution >= 0.6 is 0 Å². The summed E-state index contributed by atoms with van der Waals surface area (Å²) in [4.78, 5) is 4.28. The summed E-state index contributed by atoms with van der Waals surface area (Å²) >= 11 is 0. The van der Waals surface area contributed by atoms with Gasteiger partial charge in [-0.3, -0.25) is 4.98 Å². The average molecular weight is 371 g/mol. The molecule has 2 aliphatic rings. The van der Waals surface area contributed by atoms with Gasteiger partial charge in [0.1, 0.15) is 0 Å². The second-order valence-electron chi connectivity index (χ2n) is 6.88. The predicted molar refractivity (Wildman–Crippen MR) is 107 cm³/mol. The minimum Gasteiger partial charge on any atom is -0.490 e. The van der Waals surface area contributed by atoms with Crippen molar-refractivity contribution >= 4 is 5.71 Å². The molecular formula is C23H21N3O2. The summed E-state index contributed by atoms with van der Waals surface area (Å²) in [5.74, 6) is 1.59. The molecule has 0 saturated heterocycles. The second-order valence-corrected chi connectivity index (χ2v) is 6.88. The molecule has 3 heterocycles. The van der Waals surface area contributed by atoms with E-state index in [0.717, 1.165) is 40.3 Å². The van der Waals surface area contributed by atoms with Crippen molar-refractivity contribution in [2.75, 3.05) is 6.61 Å². The molecule has 3 aromatic rings. The Hall–Kier alpha value is -3.34. The summed E-state index contributed by atoms with van der Waals surface area (Å²) in [6.07, 6.45) is 4.10. The molecule has 0 unspecified atom stereocenters. The largest absolute Gasteiger partial charge is 0.490 e. The van der Waals surface area contributed by atoms with Crippen molar-refractivity contribution in [1.29, 1.82) is 0 Å². The third-order valence-electron chi connectivity index (χ3n) is 5.16. The smallest absolute Gasteiger partial charge is 0.215 e. The first-order valence-corrected chi connectivity index (χ1v) is 9.58. The van der Waals surface area contributed by atoms with Gasteiger partial charge in [-0.15, -0.1) is 0 Å². The van der Waals surface area contributed by atoms with E-state index in [2.05, 4.69) is 28.2 Å². The van der Waals surface area contributed by atoms with Gasteiger partial charge >= 0.3 is 0 Å². The highest BCUT2D eigenvalue weighted by Gasteiger charge is 2.42. The zero-order valence-electron chi connectivity index (χ0n) is 15.7. The van der Waals surface area contributed by atoms with Crippen LogP contribution in [0, 0.1) is 0 Å². The van der Waals surface area contributed by atoms with Crippen LogP contribution in [0.15, 0.2) is 78.2 Å². The fourth-order valence-electron chi connectivity index (χ4n) is 3.90. The van der Waals surface area contributed by atoms with Crippen molar-refractivity contribution in [3.63, 3.8) is 0 Å². The Morgan fingerprint density at radius 3 is 2.75 bits per heavy atom. The maximum Gasteiger partial charge on any atom is 0.215 e. The molecule has 0 aliphatic carbocycles. The van der Waals surface area contributed by atoms with Crippen LogP contribution < -0.4 is 9.47 Å². The number of rotatable bonds is 4. The van der Waals surface area contributed by atoms with E-state index in [0.29, 0.717) is 6.61 Å². The Morgan fingerprint density at radius 2 is 1.96 bits per heavy atom. The molecule has 2 aliphatic heterocycles. The third-order valence-corrected chi connectivity index (χ3v) is 5.16. The molecule has 0 bridgehead atoms. The molecule has 0 radical (unpaired) electrons. The number of hydrazone groups is 1. The van der Waals surface area contributed by atoms with Gasteiger partial charge in [0.2, 0.25) is 6.23 Å². The van der Waals surface area contributed by atoms with Crippen LogP contribution in [-0.2, 0) is 0 Å². The molecule has 0 spiro atoms. The molecule has 0 saturated carbocycles. The Kier molecular flexibility index (Phi) is 4.20. The first kappa shape index (κ1) is 16.8. The van der Waals surface area contributed by atoms with E-state index in [1.54, 1.807) is 6.20 Å². The highest BCUT2D eigenvalue weighted by molar-refractivity contribution is 6.01. The van der Waals surface area contributed by atoms with Crippen molar-refractivity contribution < 1.29 is 9.47 Å². The van der Waals surface area contributed by atoms with Gasteiger partial charge in [-0.25, -0.2) is 5.01 Å². The number of hydrogen-bond donors (Lipinski definition) is 0. The van der Waals surface area contributed by atoms with Crippen LogP contribution in [0.1, 0.15) is 42.3 Å². The van der Waals surface area contributed by atoms with Crippen molar-refractivity contribution in [2.45, 2.75) is 25.6 Å². The number of pyridine rings is 1. The average Bonchev–Trinajstić information content (AvgIpc) is 3.21. The lowest BCUT2D eigenvalue weighted by Crippen LogP contribution is -2.34. The van der Waals surface area contributed by atoms with E-state index in [4.69, 9.17) is 14.6 Å². The molecule has 1 aromatic heterocycles. The molecule has 0 fully saturated rings. The molecule has 28 heavy (non-hydrogen) atoms. The minimum atomic E-state index is -0.339.